The number of alkyl halides is 1. The number of halogens is 2. The minimum atomic E-state index is -0.434. The van der Waals surface area contributed by atoms with Crippen molar-refractivity contribution in [2.24, 2.45) is 0 Å². The van der Waals surface area contributed by atoms with Gasteiger partial charge in [-0.15, -0.1) is 0 Å². The molecule has 0 spiro atoms. The van der Waals surface area contributed by atoms with E-state index in [2.05, 4.69) is 43.6 Å². The van der Waals surface area contributed by atoms with Crippen LogP contribution in [-0.4, -0.2) is 35.9 Å². The molecule has 0 bridgehead atoms. The van der Waals surface area contributed by atoms with Crippen LogP contribution in [0.15, 0.2) is 34.8 Å². The first kappa shape index (κ1) is 18.4. The molecule has 0 saturated carbocycles. The van der Waals surface area contributed by atoms with Gasteiger partial charge in [-0.05, 0) is 58.6 Å². The lowest BCUT2D eigenvalue weighted by atomic mass is 10.0. The number of rotatable bonds is 4. The van der Waals surface area contributed by atoms with Crippen LogP contribution < -0.4 is 4.90 Å². The van der Waals surface area contributed by atoms with E-state index in [0.29, 0.717) is 6.54 Å². The van der Waals surface area contributed by atoms with Gasteiger partial charge in [0.2, 0.25) is 0 Å². The Balaban J connectivity index is 1.78. The molecular weight excluding hydrogens is 409 g/mol. The smallest absolute Gasteiger partial charge is 0.115 e. The number of hydrogen-bond acceptors (Lipinski definition) is 3. The van der Waals surface area contributed by atoms with Crippen molar-refractivity contribution in [1.29, 1.82) is 0 Å². The van der Waals surface area contributed by atoms with E-state index in [1.807, 2.05) is 26.0 Å². The van der Waals surface area contributed by atoms with E-state index in [-0.39, 0.29) is 0 Å². The number of hydrogen-bond donors (Lipinski definition) is 0. The lowest BCUT2D eigenvalue weighted by molar-refractivity contribution is 0.122. The third kappa shape index (κ3) is 3.48. The van der Waals surface area contributed by atoms with Crippen molar-refractivity contribution in [3.8, 4) is 0 Å². The summed E-state index contributed by atoms with van der Waals surface area (Å²) >= 11 is 3.70. The van der Waals surface area contributed by atoms with Crippen LogP contribution >= 0.6 is 15.9 Å². The molecule has 0 unspecified atom stereocenters. The topological polar surface area (TPSA) is 30.3 Å². The fourth-order valence-corrected chi connectivity index (χ4v) is 4.24. The molecule has 0 aliphatic carbocycles. The summed E-state index contributed by atoms with van der Waals surface area (Å²) in [5.41, 5.74) is 6.13. The summed E-state index contributed by atoms with van der Waals surface area (Å²) in [7, 11) is 0. The van der Waals surface area contributed by atoms with Gasteiger partial charge in [0.1, 0.15) is 18.0 Å². The van der Waals surface area contributed by atoms with Crippen LogP contribution in [0.2, 0.25) is 0 Å². The first-order valence-corrected chi connectivity index (χ1v) is 10.00. The van der Waals surface area contributed by atoms with Crippen molar-refractivity contribution in [2.45, 2.75) is 27.1 Å². The van der Waals surface area contributed by atoms with E-state index in [9.17, 15) is 4.39 Å². The van der Waals surface area contributed by atoms with E-state index in [1.165, 1.54) is 5.69 Å². The molecule has 0 N–H and O–H groups in total. The van der Waals surface area contributed by atoms with Gasteiger partial charge < -0.3 is 14.2 Å². The van der Waals surface area contributed by atoms with Gasteiger partial charge in [0.25, 0.3) is 0 Å². The zero-order valence-electron chi connectivity index (χ0n) is 15.6. The number of fused-ring (bicyclic) bond motifs is 1. The van der Waals surface area contributed by atoms with E-state index in [1.54, 1.807) is 0 Å². The fraction of sp³-hybridized carbons (Fsp3) is 0.381. The van der Waals surface area contributed by atoms with Gasteiger partial charge in [0.15, 0.2) is 0 Å². The zero-order valence-corrected chi connectivity index (χ0v) is 17.2. The molecule has 0 amide bonds. The highest BCUT2D eigenvalue weighted by Crippen LogP contribution is 2.32. The molecule has 0 radical (unpaired) electrons. The van der Waals surface area contributed by atoms with Crippen molar-refractivity contribution in [3.05, 3.63) is 57.3 Å². The van der Waals surface area contributed by atoms with Crippen molar-refractivity contribution >= 4 is 32.7 Å². The quantitative estimate of drug-likeness (QED) is 0.595. The number of imidazole rings is 1. The molecule has 4 rings (SSSR count). The standard InChI is InChI=1S/C21H23BrFN3O/c1-14-16(12-23)4-3-5-17(14)13-26-15(2)24-21-19(22)10-18(11-20(21)26)25-6-8-27-9-7-25/h3-5,10-11H,6-9,12-13H2,1-2H3. The van der Waals surface area contributed by atoms with E-state index >= 15 is 0 Å². The molecule has 27 heavy (non-hydrogen) atoms. The minimum absolute atomic E-state index is 0.434. The molecule has 2 aromatic carbocycles. The average Bonchev–Trinajstić information content (AvgIpc) is 3.00. The highest BCUT2D eigenvalue weighted by molar-refractivity contribution is 9.10. The minimum Gasteiger partial charge on any atom is -0.378 e. The number of benzene rings is 2. The first-order chi connectivity index (χ1) is 13.1. The third-order valence-corrected chi connectivity index (χ3v) is 5.99. The van der Waals surface area contributed by atoms with E-state index in [0.717, 1.165) is 64.3 Å². The maximum Gasteiger partial charge on any atom is 0.115 e. The van der Waals surface area contributed by atoms with Crippen molar-refractivity contribution in [1.82, 2.24) is 9.55 Å². The van der Waals surface area contributed by atoms with Gasteiger partial charge in [-0.2, -0.15) is 0 Å². The Labute approximate surface area is 167 Å². The van der Waals surface area contributed by atoms with Gasteiger partial charge in [-0.1, -0.05) is 18.2 Å². The Morgan fingerprint density at radius 2 is 1.89 bits per heavy atom. The van der Waals surface area contributed by atoms with Gasteiger partial charge in [0, 0.05) is 29.8 Å². The number of nitrogens with zero attached hydrogens (tertiary/aromatic N) is 3. The van der Waals surface area contributed by atoms with Crippen LogP contribution in [0.4, 0.5) is 10.1 Å². The van der Waals surface area contributed by atoms with Crippen LogP contribution in [0.5, 0.6) is 0 Å². The molecule has 3 aromatic rings. The van der Waals surface area contributed by atoms with Crippen LogP contribution in [0.1, 0.15) is 22.5 Å². The van der Waals surface area contributed by atoms with Crippen LogP contribution in [0, 0.1) is 13.8 Å². The van der Waals surface area contributed by atoms with Crippen LogP contribution in [0.25, 0.3) is 11.0 Å². The second kappa shape index (κ2) is 7.60. The van der Waals surface area contributed by atoms with Crippen LogP contribution in [-0.2, 0) is 18.0 Å². The second-order valence-electron chi connectivity index (χ2n) is 6.97. The Morgan fingerprint density at radius 1 is 1.15 bits per heavy atom. The van der Waals surface area contributed by atoms with E-state index in [4.69, 9.17) is 9.72 Å². The number of ether oxygens (including phenoxy) is 1. The Kier molecular flexibility index (Phi) is 5.19. The van der Waals surface area contributed by atoms with Crippen molar-refractivity contribution < 1.29 is 9.13 Å². The maximum atomic E-state index is 13.2. The summed E-state index contributed by atoms with van der Waals surface area (Å²) in [6, 6.07) is 10.2. The number of aryl methyl sites for hydroxylation is 1. The monoisotopic (exact) mass is 431 g/mol. The second-order valence-corrected chi connectivity index (χ2v) is 7.83. The Hall–Kier alpha value is -1.92. The molecule has 0 atom stereocenters. The van der Waals surface area contributed by atoms with Gasteiger partial charge >= 0.3 is 0 Å². The third-order valence-electron chi connectivity index (χ3n) is 5.39. The summed E-state index contributed by atoms with van der Waals surface area (Å²) < 4.78 is 21.9. The summed E-state index contributed by atoms with van der Waals surface area (Å²) in [5, 5.41) is 0. The number of aromatic nitrogens is 2. The Bertz CT molecular complexity index is 979. The fourth-order valence-electron chi connectivity index (χ4n) is 3.71. The lowest BCUT2D eigenvalue weighted by Gasteiger charge is -2.29. The maximum absolute atomic E-state index is 13.2. The number of morpholine rings is 1. The molecule has 1 aliphatic heterocycles. The van der Waals surface area contributed by atoms with Gasteiger partial charge in [0.05, 0.1) is 18.7 Å². The molecule has 142 valence electrons. The molecule has 1 saturated heterocycles. The zero-order chi connectivity index (χ0) is 19.0. The van der Waals surface area contributed by atoms with Crippen LogP contribution in [0.3, 0.4) is 0 Å². The highest BCUT2D eigenvalue weighted by Gasteiger charge is 2.17. The summed E-state index contributed by atoms with van der Waals surface area (Å²) in [6.45, 7) is 7.55. The highest BCUT2D eigenvalue weighted by atomic mass is 79.9. The molecule has 2 heterocycles. The molecule has 1 aliphatic rings. The first-order valence-electron chi connectivity index (χ1n) is 9.21. The predicted octanol–water partition coefficient (Wildman–Crippen LogP) is 4.77. The average molecular weight is 432 g/mol. The molecule has 1 fully saturated rings. The number of anilines is 1. The largest absolute Gasteiger partial charge is 0.378 e. The summed E-state index contributed by atoms with van der Waals surface area (Å²) in [6.07, 6.45) is 0. The van der Waals surface area contributed by atoms with Crippen molar-refractivity contribution in [2.75, 3.05) is 31.2 Å². The van der Waals surface area contributed by atoms with Crippen molar-refractivity contribution in [3.63, 3.8) is 0 Å². The SMILES string of the molecule is Cc1c(CF)cccc1Cn1c(C)nc2c(Br)cc(N3CCOCC3)cc21. The van der Waals surface area contributed by atoms with Gasteiger partial charge in [-0.3, -0.25) is 0 Å². The molecular formula is C21H23BrFN3O. The molecule has 4 nitrogen and oxygen atoms in total. The normalized spacial score (nSPS) is 14.9. The van der Waals surface area contributed by atoms with Gasteiger partial charge in [-0.25, -0.2) is 9.37 Å². The summed E-state index contributed by atoms with van der Waals surface area (Å²) in [4.78, 5) is 7.11. The molecule has 6 heteroatoms. The Morgan fingerprint density at radius 3 is 2.63 bits per heavy atom. The summed E-state index contributed by atoms with van der Waals surface area (Å²) in [5.74, 6) is 0.954. The van der Waals surface area contributed by atoms with E-state index < -0.39 is 6.67 Å². The molecule has 1 aromatic heterocycles. The predicted molar refractivity (Wildman–Crippen MR) is 110 cm³/mol. The lowest BCUT2D eigenvalue weighted by Crippen LogP contribution is -2.36.